The Kier molecular flexibility index (Phi) is 2.65. The minimum atomic E-state index is -0.457. The number of amides is 2. The van der Waals surface area contributed by atoms with E-state index in [4.69, 9.17) is 11.6 Å². The number of aromatic nitrogens is 3. The molecule has 1 saturated heterocycles. The van der Waals surface area contributed by atoms with E-state index in [1.54, 1.807) is 0 Å². The molecule has 1 N–H and O–H groups in total. The van der Waals surface area contributed by atoms with Crippen LogP contribution in [0.2, 0.25) is 5.28 Å². The maximum Gasteiger partial charge on any atom is 0.290 e. The maximum atomic E-state index is 11.1. The van der Waals surface area contributed by atoms with Crippen LogP contribution in [0.25, 0.3) is 6.08 Å². The fourth-order valence-electron chi connectivity index (χ4n) is 0.896. The van der Waals surface area contributed by atoms with Gasteiger partial charge in [0.1, 0.15) is 6.33 Å². The van der Waals surface area contributed by atoms with E-state index in [2.05, 4.69) is 20.3 Å². The molecule has 1 aromatic heterocycles. The third-order valence-electron chi connectivity index (χ3n) is 1.46. The summed E-state index contributed by atoms with van der Waals surface area (Å²) >= 11 is 6.32. The fourth-order valence-corrected chi connectivity index (χ4v) is 1.68. The summed E-state index contributed by atoms with van der Waals surface area (Å²) in [6.07, 6.45) is 2.60. The Balaban J connectivity index is 2.31. The van der Waals surface area contributed by atoms with Crippen molar-refractivity contribution >= 4 is 40.6 Å². The number of hydrogen-bond donors (Lipinski definition) is 1. The normalized spacial score (nSPS) is 18.3. The van der Waals surface area contributed by atoms with Crippen LogP contribution in [0.15, 0.2) is 11.2 Å². The van der Waals surface area contributed by atoms with Gasteiger partial charge in [0.25, 0.3) is 11.1 Å². The molecule has 0 aromatic carbocycles. The van der Waals surface area contributed by atoms with Crippen LogP contribution in [0.5, 0.6) is 0 Å². The Hall–Kier alpha value is -1.47. The highest BCUT2D eigenvalue weighted by Crippen LogP contribution is 2.24. The number of rotatable bonds is 1. The smallest absolute Gasteiger partial charge is 0.282 e. The molecule has 0 unspecified atom stereocenters. The maximum absolute atomic E-state index is 11.1. The van der Waals surface area contributed by atoms with Crippen molar-refractivity contribution in [3.05, 3.63) is 22.3 Å². The first-order valence-electron chi connectivity index (χ1n) is 3.74. The van der Waals surface area contributed by atoms with Gasteiger partial charge in [0.2, 0.25) is 5.28 Å². The lowest BCUT2D eigenvalue weighted by atomic mass is 10.4. The Morgan fingerprint density at radius 1 is 1.40 bits per heavy atom. The average molecular weight is 243 g/mol. The van der Waals surface area contributed by atoms with Gasteiger partial charge in [0, 0.05) is 6.08 Å². The van der Waals surface area contributed by atoms with Gasteiger partial charge in [0.15, 0.2) is 5.82 Å². The van der Waals surface area contributed by atoms with Crippen LogP contribution in [-0.4, -0.2) is 26.1 Å². The number of hydrogen-bond acceptors (Lipinski definition) is 6. The van der Waals surface area contributed by atoms with E-state index in [-0.39, 0.29) is 16.0 Å². The van der Waals surface area contributed by atoms with Crippen LogP contribution in [0.4, 0.5) is 4.79 Å². The molecule has 76 valence electrons. The Morgan fingerprint density at radius 3 is 2.80 bits per heavy atom. The molecule has 1 aromatic rings. The number of carbonyl (C=O) groups excluding carboxylic acids is 2. The van der Waals surface area contributed by atoms with Crippen LogP contribution in [0.1, 0.15) is 5.82 Å². The lowest BCUT2D eigenvalue weighted by Gasteiger charge is -1.92. The quantitative estimate of drug-likeness (QED) is 0.735. The molecule has 0 spiro atoms. The van der Waals surface area contributed by atoms with Gasteiger partial charge >= 0.3 is 0 Å². The molecule has 8 heteroatoms. The monoisotopic (exact) mass is 242 g/mol. The molecule has 0 saturated carbocycles. The second-order valence-corrected chi connectivity index (χ2v) is 3.82. The van der Waals surface area contributed by atoms with Crippen LogP contribution < -0.4 is 5.32 Å². The zero-order valence-electron chi connectivity index (χ0n) is 7.10. The minimum Gasteiger partial charge on any atom is -0.282 e. The SMILES string of the molecule is O=C1NC(=O)C(=Cc2ncnc(Cl)n2)S1. The first-order chi connectivity index (χ1) is 7.15. The number of halogens is 1. The fraction of sp³-hybridized carbons (Fsp3) is 0. The molecule has 2 amide bonds. The van der Waals surface area contributed by atoms with Gasteiger partial charge in [0.05, 0.1) is 4.91 Å². The van der Waals surface area contributed by atoms with E-state index in [1.165, 1.54) is 12.4 Å². The van der Waals surface area contributed by atoms with Crippen molar-refractivity contribution in [1.82, 2.24) is 20.3 Å². The van der Waals surface area contributed by atoms with Gasteiger partial charge in [-0.2, -0.15) is 4.98 Å². The molecule has 6 nitrogen and oxygen atoms in total. The number of imide groups is 1. The molecular formula is C7H3ClN4O2S. The van der Waals surface area contributed by atoms with Crippen LogP contribution >= 0.6 is 23.4 Å². The third kappa shape index (κ3) is 2.31. The molecule has 0 bridgehead atoms. The molecule has 1 fully saturated rings. The minimum absolute atomic E-state index is 0.0339. The molecule has 0 atom stereocenters. The van der Waals surface area contributed by atoms with Crippen molar-refractivity contribution in [3.63, 3.8) is 0 Å². The topological polar surface area (TPSA) is 84.8 Å². The first kappa shape index (κ1) is 10.1. The van der Waals surface area contributed by atoms with E-state index in [9.17, 15) is 9.59 Å². The van der Waals surface area contributed by atoms with Gasteiger partial charge in [-0.3, -0.25) is 14.9 Å². The second-order valence-electron chi connectivity index (χ2n) is 2.46. The lowest BCUT2D eigenvalue weighted by molar-refractivity contribution is -0.115. The number of nitrogens with one attached hydrogen (secondary N) is 1. The average Bonchev–Trinajstić information content (AvgIpc) is 2.45. The molecule has 1 aliphatic heterocycles. The molecule has 2 heterocycles. The number of nitrogens with zero attached hydrogens (tertiary/aromatic N) is 3. The predicted octanol–water partition coefficient (Wildman–Crippen LogP) is 0.849. The molecule has 1 aliphatic rings. The first-order valence-corrected chi connectivity index (χ1v) is 4.94. The van der Waals surface area contributed by atoms with Gasteiger partial charge < -0.3 is 0 Å². The van der Waals surface area contributed by atoms with Crippen molar-refractivity contribution in [2.75, 3.05) is 0 Å². The number of carbonyl (C=O) groups is 2. The van der Waals surface area contributed by atoms with Gasteiger partial charge in [-0.15, -0.1) is 0 Å². The largest absolute Gasteiger partial charge is 0.290 e. The Morgan fingerprint density at radius 2 is 2.20 bits per heavy atom. The third-order valence-corrected chi connectivity index (χ3v) is 2.46. The van der Waals surface area contributed by atoms with Crippen molar-refractivity contribution in [3.8, 4) is 0 Å². The highest BCUT2D eigenvalue weighted by Gasteiger charge is 2.25. The summed E-state index contributed by atoms with van der Waals surface area (Å²) in [5.74, 6) is -0.219. The Labute approximate surface area is 93.2 Å². The number of thioether (sulfide) groups is 1. The van der Waals surface area contributed by atoms with Crippen LogP contribution in [-0.2, 0) is 4.79 Å². The van der Waals surface area contributed by atoms with Gasteiger partial charge in [-0.1, -0.05) is 0 Å². The van der Waals surface area contributed by atoms with E-state index >= 15 is 0 Å². The van der Waals surface area contributed by atoms with Crippen molar-refractivity contribution in [1.29, 1.82) is 0 Å². The van der Waals surface area contributed by atoms with E-state index in [1.807, 2.05) is 0 Å². The summed E-state index contributed by atoms with van der Waals surface area (Å²) in [4.78, 5) is 33.3. The van der Waals surface area contributed by atoms with Crippen molar-refractivity contribution in [2.45, 2.75) is 0 Å². The van der Waals surface area contributed by atoms with Crippen molar-refractivity contribution in [2.24, 2.45) is 0 Å². The molecule has 15 heavy (non-hydrogen) atoms. The predicted molar refractivity (Wildman–Crippen MR) is 53.9 cm³/mol. The second kappa shape index (κ2) is 3.95. The van der Waals surface area contributed by atoms with Gasteiger partial charge in [-0.05, 0) is 23.4 Å². The summed E-state index contributed by atoms with van der Waals surface area (Å²) in [5.41, 5.74) is 0. The van der Waals surface area contributed by atoms with Crippen molar-refractivity contribution < 1.29 is 9.59 Å². The van der Waals surface area contributed by atoms with Crippen LogP contribution in [0, 0.1) is 0 Å². The lowest BCUT2D eigenvalue weighted by Crippen LogP contribution is -2.17. The van der Waals surface area contributed by atoms with E-state index in [0.717, 1.165) is 11.8 Å². The van der Waals surface area contributed by atoms with E-state index in [0.29, 0.717) is 0 Å². The molecular weight excluding hydrogens is 240 g/mol. The highest BCUT2D eigenvalue weighted by atomic mass is 35.5. The summed E-state index contributed by atoms with van der Waals surface area (Å²) in [5, 5.41) is 1.74. The van der Waals surface area contributed by atoms with Gasteiger partial charge in [-0.25, -0.2) is 9.97 Å². The summed E-state index contributed by atoms with van der Waals surface area (Å²) in [7, 11) is 0. The summed E-state index contributed by atoms with van der Waals surface area (Å²) < 4.78 is 0. The Bertz CT molecular complexity index is 476. The zero-order valence-corrected chi connectivity index (χ0v) is 8.67. The standard InChI is InChI=1S/C7H3ClN4O2S/c8-6-10-2-9-4(11-6)1-3-5(13)12-7(14)15-3/h1-2H,(H,12,13,14). The summed E-state index contributed by atoms with van der Waals surface area (Å²) in [6.45, 7) is 0. The molecule has 0 aliphatic carbocycles. The molecule has 0 radical (unpaired) electrons. The highest BCUT2D eigenvalue weighted by molar-refractivity contribution is 8.18. The van der Waals surface area contributed by atoms with Crippen LogP contribution in [0.3, 0.4) is 0 Å². The molecule has 2 rings (SSSR count). The van der Waals surface area contributed by atoms with E-state index < -0.39 is 11.1 Å². The summed E-state index contributed by atoms with van der Waals surface area (Å²) in [6, 6.07) is 0. The zero-order chi connectivity index (χ0) is 10.8.